The van der Waals surface area contributed by atoms with Crippen molar-refractivity contribution < 1.29 is 4.74 Å². The van der Waals surface area contributed by atoms with Gasteiger partial charge in [0, 0.05) is 6.04 Å². The monoisotopic (exact) mass is 241 g/mol. The molecule has 1 atom stereocenters. The van der Waals surface area contributed by atoms with Crippen LogP contribution in [0.5, 0.6) is 5.75 Å². The molecular formula is C13H20ClNO. The molecule has 0 bridgehead atoms. The molecule has 0 radical (unpaired) electrons. The third kappa shape index (κ3) is 4.03. The van der Waals surface area contributed by atoms with Crippen molar-refractivity contribution in [1.29, 1.82) is 0 Å². The van der Waals surface area contributed by atoms with Crippen LogP contribution in [0.2, 0.25) is 5.02 Å². The predicted octanol–water partition coefficient (Wildman–Crippen LogP) is 3.41. The lowest BCUT2D eigenvalue weighted by molar-refractivity contribution is 0.317. The summed E-state index contributed by atoms with van der Waals surface area (Å²) in [5, 5.41) is 0.675. The molecule has 3 heteroatoms. The van der Waals surface area contributed by atoms with Crippen molar-refractivity contribution in [3.05, 3.63) is 28.8 Å². The molecule has 0 saturated heterocycles. The van der Waals surface area contributed by atoms with Crippen LogP contribution < -0.4 is 10.5 Å². The summed E-state index contributed by atoms with van der Waals surface area (Å²) < 4.78 is 5.51. The first-order valence-corrected chi connectivity index (χ1v) is 6.22. The number of benzene rings is 1. The predicted molar refractivity (Wildman–Crippen MR) is 69.2 cm³/mol. The van der Waals surface area contributed by atoms with E-state index in [2.05, 4.69) is 13.8 Å². The average molecular weight is 242 g/mol. The van der Waals surface area contributed by atoms with E-state index < -0.39 is 0 Å². The molecule has 0 aliphatic carbocycles. The lowest BCUT2D eigenvalue weighted by Crippen LogP contribution is -2.21. The molecule has 0 heterocycles. The Kier molecular flexibility index (Phi) is 5.64. The zero-order chi connectivity index (χ0) is 12.0. The van der Waals surface area contributed by atoms with Crippen molar-refractivity contribution in [2.24, 2.45) is 5.73 Å². The summed E-state index contributed by atoms with van der Waals surface area (Å²) in [5.74, 6) is 0.761. The van der Waals surface area contributed by atoms with E-state index in [1.54, 1.807) is 0 Å². The molecule has 90 valence electrons. The van der Waals surface area contributed by atoms with Gasteiger partial charge in [-0.3, -0.25) is 0 Å². The van der Waals surface area contributed by atoms with E-state index >= 15 is 0 Å². The first-order chi connectivity index (χ1) is 7.67. The molecule has 1 aromatic rings. The zero-order valence-corrected chi connectivity index (χ0v) is 10.8. The molecule has 0 aliphatic heterocycles. The fourth-order valence-corrected chi connectivity index (χ4v) is 1.71. The molecule has 2 nitrogen and oxygen atoms in total. The van der Waals surface area contributed by atoms with Crippen LogP contribution in [-0.2, 0) is 6.42 Å². The minimum atomic E-state index is 0.207. The second-order valence-electron chi connectivity index (χ2n) is 3.99. The Morgan fingerprint density at radius 3 is 2.69 bits per heavy atom. The zero-order valence-electron chi connectivity index (χ0n) is 10.0. The summed E-state index contributed by atoms with van der Waals surface area (Å²) in [6, 6.07) is 6.11. The van der Waals surface area contributed by atoms with E-state index in [9.17, 15) is 0 Å². The Morgan fingerprint density at radius 2 is 2.12 bits per heavy atom. The van der Waals surface area contributed by atoms with E-state index in [0.29, 0.717) is 11.6 Å². The summed E-state index contributed by atoms with van der Waals surface area (Å²) in [5.41, 5.74) is 7.07. The molecule has 1 unspecified atom stereocenters. The third-order valence-corrected chi connectivity index (χ3v) is 2.78. The normalized spacial score (nSPS) is 12.5. The standard InChI is InChI=1S/C13H20ClNO/c1-3-7-16-13-6-5-10(9-12(13)14)8-11(15)4-2/h5-6,9,11H,3-4,7-8,15H2,1-2H3. The molecule has 2 N–H and O–H groups in total. The maximum absolute atomic E-state index is 6.13. The molecule has 1 aromatic carbocycles. The third-order valence-electron chi connectivity index (χ3n) is 2.48. The summed E-state index contributed by atoms with van der Waals surface area (Å²) in [7, 11) is 0. The molecule has 0 aromatic heterocycles. The second kappa shape index (κ2) is 6.77. The largest absolute Gasteiger partial charge is 0.492 e. The van der Waals surface area contributed by atoms with E-state index in [1.807, 2.05) is 18.2 Å². The van der Waals surface area contributed by atoms with Crippen LogP contribution in [0.15, 0.2) is 18.2 Å². The highest BCUT2D eigenvalue weighted by Gasteiger charge is 2.05. The fourth-order valence-electron chi connectivity index (χ4n) is 1.45. The number of nitrogens with two attached hydrogens (primary N) is 1. The van der Waals surface area contributed by atoms with E-state index in [4.69, 9.17) is 22.1 Å². The average Bonchev–Trinajstić information content (AvgIpc) is 2.28. The van der Waals surface area contributed by atoms with Crippen molar-refractivity contribution in [2.45, 2.75) is 39.2 Å². The van der Waals surface area contributed by atoms with Crippen LogP contribution in [0.3, 0.4) is 0 Å². The molecule has 0 amide bonds. The molecule has 0 saturated carbocycles. The summed E-state index contributed by atoms with van der Waals surface area (Å²) in [6.07, 6.45) is 2.83. The molecule has 16 heavy (non-hydrogen) atoms. The van der Waals surface area contributed by atoms with Gasteiger partial charge in [0.05, 0.1) is 11.6 Å². The first kappa shape index (κ1) is 13.3. The second-order valence-corrected chi connectivity index (χ2v) is 4.39. The van der Waals surface area contributed by atoms with Crippen LogP contribution >= 0.6 is 11.6 Å². The molecule has 1 rings (SSSR count). The quantitative estimate of drug-likeness (QED) is 0.829. The Bertz CT molecular complexity index is 328. The Balaban J connectivity index is 2.66. The van der Waals surface area contributed by atoms with Crippen molar-refractivity contribution in [1.82, 2.24) is 0 Å². The van der Waals surface area contributed by atoms with Crippen LogP contribution in [0.1, 0.15) is 32.3 Å². The van der Waals surface area contributed by atoms with Crippen molar-refractivity contribution in [3.8, 4) is 5.75 Å². The number of hydrogen-bond acceptors (Lipinski definition) is 2. The summed E-state index contributed by atoms with van der Waals surface area (Å²) in [6.45, 7) is 4.86. The molecule has 0 fully saturated rings. The van der Waals surface area contributed by atoms with Gasteiger partial charge in [0.15, 0.2) is 0 Å². The smallest absolute Gasteiger partial charge is 0.137 e. The Hall–Kier alpha value is -0.730. The van der Waals surface area contributed by atoms with Gasteiger partial charge in [-0.1, -0.05) is 31.5 Å². The summed E-state index contributed by atoms with van der Waals surface area (Å²) in [4.78, 5) is 0. The summed E-state index contributed by atoms with van der Waals surface area (Å²) >= 11 is 6.13. The highest BCUT2D eigenvalue weighted by molar-refractivity contribution is 6.32. The van der Waals surface area contributed by atoms with Crippen molar-refractivity contribution >= 4 is 11.6 Å². The van der Waals surface area contributed by atoms with E-state index in [-0.39, 0.29) is 6.04 Å². The maximum Gasteiger partial charge on any atom is 0.137 e. The van der Waals surface area contributed by atoms with Crippen LogP contribution in [0.4, 0.5) is 0 Å². The lowest BCUT2D eigenvalue weighted by atomic mass is 10.0. The highest BCUT2D eigenvalue weighted by atomic mass is 35.5. The van der Waals surface area contributed by atoms with Crippen LogP contribution in [-0.4, -0.2) is 12.6 Å². The lowest BCUT2D eigenvalue weighted by Gasteiger charge is -2.11. The highest BCUT2D eigenvalue weighted by Crippen LogP contribution is 2.26. The van der Waals surface area contributed by atoms with Gasteiger partial charge in [-0.05, 0) is 37.0 Å². The van der Waals surface area contributed by atoms with E-state index in [0.717, 1.165) is 25.0 Å². The maximum atomic E-state index is 6.13. The molecule has 0 aliphatic rings. The topological polar surface area (TPSA) is 35.2 Å². The minimum absolute atomic E-state index is 0.207. The van der Waals surface area contributed by atoms with Crippen molar-refractivity contribution in [2.75, 3.05) is 6.61 Å². The van der Waals surface area contributed by atoms with Crippen molar-refractivity contribution in [3.63, 3.8) is 0 Å². The number of halogens is 1. The number of rotatable bonds is 6. The Morgan fingerprint density at radius 1 is 1.38 bits per heavy atom. The van der Waals surface area contributed by atoms with E-state index in [1.165, 1.54) is 5.56 Å². The van der Waals surface area contributed by atoms with Gasteiger partial charge in [-0.25, -0.2) is 0 Å². The SMILES string of the molecule is CCCOc1ccc(CC(N)CC)cc1Cl. The number of hydrogen-bond donors (Lipinski definition) is 1. The van der Waals surface area contributed by atoms with Crippen LogP contribution in [0, 0.1) is 0 Å². The minimum Gasteiger partial charge on any atom is -0.492 e. The number of ether oxygens (including phenoxy) is 1. The Labute approximate surface area is 103 Å². The molecular weight excluding hydrogens is 222 g/mol. The van der Waals surface area contributed by atoms with Gasteiger partial charge in [-0.2, -0.15) is 0 Å². The fraction of sp³-hybridized carbons (Fsp3) is 0.538. The van der Waals surface area contributed by atoms with Gasteiger partial charge in [-0.15, -0.1) is 0 Å². The van der Waals surface area contributed by atoms with Gasteiger partial charge in [0.1, 0.15) is 5.75 Å². The van der Waals surface area contributed by atoms with Gasteiger partial charge in [0.2, 0.25) is 0 Å². The van der Waals surface area contributed by atoms with Gasteiger partial charge < -0.3 is 10.5 Å². The molecule has 0 spiro atoms. The van der Waals surface area contributed by atoms with Crippen LogP contribution in [0.25, 0.3) is 0 Å². The van der Waals surface area contributed by atoms with Gasteiger partial charge in [0.25, 0.3) is 0 Å². The first-order valence-electron chi connectivity index (χ1n) is 5.84. The van der Waals surface area contributed by atoms with Gasteiger partial charge >= 0.3 is 0 Å².